The molecule has 0 unspecified atom stereocenters. The van der Waals surface area contributed by atoms with Crippen molar-refractivity contribution in [1.29, 1.82) is 0 Å². The zero-order valence-corrected chi connectivity index (χ0v) is 18.9. The van der Waals surface area contributed by atoms with Gasteiger partial charge in [0.05, 0.1) is 6.54 Å². The van der Waals surface area contributed by atoms with Gasteiger partial charge in [-0.25, -0.2) is 4.99 Å². The molecule has 0 aromatic heterocycles. The van der Waals surface area contributed by atoms with Gasteiger partial charge in [0.2, 0.25) is 5.91 Å². The summed E-state index contributed by atoms with van der Waals surface area (Å²) in [4.78, 5) is 18.4. The Balaban J connectivity index is 0.00000280. The van der Waals surface area contributed by atoms with E-state index in [2.05, 4.69) is 53.7 Å². The van der Waals surface area contributed by atoms with Crippen LogP contribution < -0.4 is 15.5 Å². The highest BCUT2D eigenvalue weighted by Crippen LogP contribution is 2.21. The van der Waals surface area contributed by atoms with Gasteiger partial charge in [0.25, 0.3) is 0 Å². The Labute approximate surface area is 184 Å². The number of aryl methyl sites for hydroxylation is 1. The van der Waals surface area contributed by atoms with Crippen molar-refractivity contribution in [1.82, 2.24) is 10.6 Å². The van der Waals surface area contributed by atoms with Crippen LogP contribution >= 0.6 is 24.0 Å². The minimum absolute atomic E-state index is 0. The monoisotopic (exact) mass is 492 g/mol. The lowest BCUT2D eigenvalue weighted by Gasteiger charge is -2.16. The quantitative estimate of drug-likeness (QED) is 0.364. The maximum atomic E-state index is 11.8. The highest BCUT2D eigenvalue weighted by atomic mass is 127. The van der Waals surface area contributed by atoms with E-state index in [4.69, 9.17) is 0 Å². The van der Waals surface area contributed by atoms with Crippen LogP contribution in [0.2, 0.25) is 0 Å². The van der Waals surface area contributed by atoms with Crippen LogP contribution in [-0.4, -0.2) is 25.0 Å². The molecule has 150 valence electrons. The summed E-state index contributed by atoms with van der Waals surface area (Å²) in [6.07, 6.45) is 1.61. The molecule has 2 aromatic carbocycles. The zero-order chi connectivity index (χ0) is 19.1. The Morgan fingerprint density at radius 2 is 1.71 bits per heavy atom. The summed E-state index contributed by atoms with van der Waals surface area (Å²) in [5.41, 5.74) is 4.59. The fourth-order valence-electron chi connectivity index (χ4n) is 3.11. The van der Waals surface area contributed by atoms with Gasteiger partial charge in [-0.05, 0) is 43.5 Å². The first-order valence-electron chi connectivity index (χ1n) is 9.63. The van der Waals surface area contributed by atoms with E-state index in [1.807, 2.05) is 29.2 Å². The molecule has 2 N–H and O–H groups in total. The zero-order valence-electron chi connectivity index (χ0n) is 16.6. The van der Waals surface area contributed by atoms with Crippen LogP contribution in [0.25, 0.3) is 0 Å². The lowest BCUT2D eigenvalue weighted by molar-refractivity contribution is -0.117. The van der Waals surface area contributed by atoms with Crippen LogP contribution in [0, 0.1) is 6.92 Å². The summed E-state index contributed by atoms with van der Waals surface area (Å²) < 4.78 is 0. The minimum atomic E-state index is 0. The Morgan fingerprint density at radius 3 is 2.32 bits per heavy atom. The number of carbonyl (C=O) groups excluding carboxylic acids is 1. The van der Waals surface area contributed by atoms with Gasteiger partial charge in [-0.2, -0.15) is 0 Å². The molecule has 1 saturated heterocycles. The molecule has 1 amide bonds. The van der Waals surface area contributed by atoms with Crippen LogP contribution in [0.1, 0.15) is 36.5 Å². The molecule has 1 heterocycles. The second-order valence-corrected chi connectivity index (χ2v) is 6.85. The summed E-state index contributed by atoms with van der Waals surface area (Å²) in [5, 5.41) is 6.66. The largest absolute Gasteiger partial charge is 0.357 e. The van der Waals surface area contributed by atoms with Crippen LogP contribution in [0.15, 0.2) is 53.5 Å². The van der Waals surface area contributed by atoms with E-state index in [1.165, 1.54) is 11.1 Å². The molecule has 0 saturated carbocycles. The highest BCUT2D eigenvalue weighted by Gasteiger charge is 2.21. The van der Waals surface area contributed by atoms with Crippen molar-refractivity contribution in [2.75, 3.05) is 18.0 Å². The molecule has 2 aromatic rings. The molecule has 5 nitrogen and oxygen atoms in total. The van der Waals surface area contributed by atoms with Crippen LogP contribution in [0.3, 0.4) is 0 Å². The Morgan fingerprint density at radius 1 is 1.04 bits per heavy atom. The molecule has 1 aliphatic rings. The lowest BCUT2D eigenvalue weighted by atomic mass is 10.1. The van der Waals surface area contributed by atoms with E-state index in [0.717, 1.165) is 43.3 Å². The number of halogens is 1. The molecule has 0 aliphatic carbocycles. The molecule has 0 bridgehead atoms. The number of hydrogen-bond acceptors (Lipinski definition) is 2. The smallest absolute Gasteiger partial charge is 0.227 e. The third-order valence-electron chi connectivity index (χ3n) is 4.67. The second-order valence-electron chi connectivity index (χ2n) is 6.85. The van der Waals surface area contributed by atoms with Crippen molar-refractivity contribution in [3.05, 3.63) is 65.2 Å². The maximum Gasteiger partial charge on any atom is 0.227 e. The number of hydrogen-bond donors (Lipinski definition) is 2. The van der Waals surface area contributed by atoms with Crippen molar-refractivity contribution in [3.8, 4) is 0 Å². The average molecular weight is 492 g/mol. The number of rotatable bonds is 6. The Kier molecular flexibility index (Phi) is 8.76. The van der Waals surface area contributed by atoms with E-state index in [0.29, 0.717) is 13.0 Å². The number of carbonyl (C=O) groups is 1. The number of nitrogens with zero attached hydrogens (tertiary/aromatic N) is 2. The minimum Gasteiger partial charge on any atom is -0.357 e. The second kappa shape index (κ2) is 11.0. The van der Waals surface area contributed by atoms with Gasteiger partial charge in [-0.15, -0.1) is 24.0 Å². The van der Waals surface area contributed by atoms with Crippen molar-refractivity contribution in [2.24, 2.45) is 4.99 Å². The van der Waals surface area contributed by atoms with Crippen molar-refractivity contribution >= 4 is 41.5 Å². The highest BCUT2D eigenvalue weighted by molar-refractivity contribution is 14.0. The molecule has 1 aliphatic heterocycles. The molecule has 3 rings (SSSR count). The molecular formula is C22H29IN4O. The molecule has 6 heteroatoms. The standard InChI is InChI=1S/C22H28N4O.HI/c1-3-23-22(24-15-18-8-6-17(2)7-9-18)25-16-19-10-12-20(13-11-19)26-14-4-5-21(26)27;/h6-13H,3-5,14-16H2,1-2H3,(H2,23,24,25);1H. The van der Waals surface area contributed by atoms with Gasteiger partial charge in [0.15, 0.2) is 5.96 Å². The fourth-order valence-corrected chi connectivity index (χ4v) is 3.11. The van der Waals surface area contributed by atoms with Crippen molar-refractivity contribution < 1.29 is 4.79 Å². The van der Waals surface area contributed by atoms with Gasteiger partial charge in [0, 0.05) is 31.7 Å². The summed E-state index contributed by atoms with van der Waals surface area (Å²) in [6, 6.07) is 16.6. The molecule has 28 heavy (non-hydrogen) atoms. The molecular weight excluding hydrogens is 463 g/mol. The van der Waals surface area contributed by atoms with Crippen molar-refractivity contribution in [2.45, 2.75) is 39.8 Å². The summed E-state index contributed by atoms with van der Waals surface area (Å²) in [5.74, 6) is 1.02. The van der Waals surface area contributed by atoms with Gasteiger partial charge in [-0.1, -0.05) is 42.0 Å². The summed E-state index contributed by atoms with van der Waals surface area (Å²) in [6.45, 7) is 7.12. The SMILES string of the molecule is CCNC(=NCc1ccc(N2CCCC2=O)cc1)NCc1ccc(C)cc1.I. The van der Waals surface area contributed by atoms with Gasteiger partial charge in [0.1, 0.15) is 0 Å². The molecule has 0 radical (unpaired) electrons. The maximum absolute atomic E-state index is 11.8. The van der Waals surface area contributed by atoms with Crippen LogP contribution in [0.5, 0.6) is 0 Å². The van der Waals surface area contributed by atoms with E-state index in [9.17, 15) is 4.79 Å². The number of aliphatic imine (C=N–C) groups is 1. The number of guanidine groups is 1. The van der Waals surface area contributed by atoms with E-state index >= 15 is 0 Å². The number of nitrogens with one attached hydrogen (secondary N) is 2. The van der Waals surface area contributed by atoms with Gasteiger partial charge in [-0.3, -0.25) is 4.79 Å². The van der Waals surface area contributed by atoms with Crippen LogP contribution in [0.4, 0.5) is 5.69 Å². The number of anilines is 1. The fraction of sp³-hybridized carbons (Fsp3) is 0.364. The lowest BCUT2D eigenvalue weighted by Crippen LogP contribution is -2.36. The van der Waals surface area contributed by atoms with E-state index in [-0.39, 0.29) is 29.9 Å². The summed E-state index contributed by atoms with van der Waals surface area (Å²) in [7, 11) is 0. The van der Waals surface area contributed by atoms with Crippen molar-refractivity contribution in [3.63, 3.8) is 0 Å². The topological polar surface area (TPSA) is 56.7 Å². The molecule has 1 fully saturated rings. The molecule has 0 spiro atoms. The Bertz CT molecular complexity index is 787. The first kappa shape index (κ1) is 22.2. The van der Waals surface area contributed by atoms with E-state index < -0.39 is 0 Å². The van der Waals surface area contributed by atoms with Gasteiger partial charge >= 0.3 is 0 Å². The number of benzene rings is 2. The first-order valence-corrected chi connectivity index (χ1v) is 9.63. The molecule has 0 atom stereocenters. The number of amides is 1. The Hall–Kier alpha value is -2.09. The first-order chi connectivity index (χ1) is 13.2. The predicted octanol–water partition coefficient (Wildman–Crippen LogP) is 4.00. The normalized spacial score (nSPS) is 14.0. The third kappa shape index (κ3) is 6.22. The van der Waals surface area contributed by atoms with Gasteiger partial charge < -0.3 is 15.5 Å². The third-order valence-corrected chi connectivity index (χ3v) is 4.67. The van der Waals surface area contributed by atoms with Crippen LogP contribution in [-0.2, 0) is 17.9 Å². The average Bonchev–Trinajstić information content (AvgIpc) is 3.11. The predicted molar refractivity (Wildman–Crippen MR) is 126 cm³/mol. The van der Waals surface area contributed by atoms with E-state index in [1.54, 1.807) is 0 Å². The summed E-state index contributed by atoms with van der Waals surface area (Å²) >= 11 is 0.